The maximum absolute atomic E-state index is 11.8. The summed E-state index contributed by atoms with van der Waals surface area (Å²) in [6.07, 6.45) is 1.22. The van der Waals surface area contributed by atoms with E-state index < -0.39 is 29.1 Å². The monoisotopic (exact) mass is 287 g/mol. The van der Waals surface area contributed by atoms with Crippen molar-refractivity contribution in [3.05, 3.63) is 0 Å². The van der Waals surface area contributed by atoms with Gasteiger partial charge in [0.2, 0.25) is 0 Å². The van der Waals surface area contributed by atoms with Gasteiger partial charge >= 0.3 is 12.1 Å². The fraction of sp³-hybridized carbons (Fsp3) is 0.857. The standard InChI is InChI=1S/C14H25NO5/c1-5-14(6-8-19-9-7-14)10(11(16)17)15-12(18)20-13(2,3)4/h10H,5-9H2,1-4H3,(H,15,18)(H,16,17). The van der Waals surface area contributed by atoms with Crippen LogP contribution in [0.25, 0.3) is 0 Å². The second-order valence-corrected chi connectivity index (χ2v) is 6.25. The van der Waals surface area contributed by atoms with Crippen LogP contribution in [0, 0.1) is 5.41 Å². The Labute approximate surface area is 119 Å². The first kappa shape index (κ1) is 16.8. The Morgan fingerprint density at radius 1 is 1.35 bits per heavy atom. The zero-order chi connectivity index (χ0) is 15.4. The summed E-state index contributed by atoms with van der Waals surface area (Å²) in [5.41, 5.74) is -1.12. The molecule has 1 heterocycles. The molecule has 0 aromatic heterocycles. The van der Waals surface area contributed by atoms with Crippen molar-refractivity contribution in [1.29, 1.82) is 0 Å². The summed E-state index contributed by atoms with van der Waals surface area (Å²) in [7, 11) is 0. The Balaban J connectivity index is 2.82. The van der Waals surface area contributed by atoms with E-state index in [0.29, 0.717) is 32.5 Å². The molecule has 6 nitrogen and oxygen atoms in total. The largest absolute Gasteiger partial charge is 0.480 e. The molecule has 1 unspecified atom stereocenters. The number of amides is 1. The Kier molecular flexibility index (Phi) is 5.39. The molecule has 1 rings (SSSR count). The third-order valence-electron chi connectivity index (χ3n) is 3.71. The molecule has 6 heteroatoms. The highest BCUT2D eigenvalue weighted by Gasteiger charge is 2.44. The van der Waals surface area contributed by atoms with E-state index in [0.717, 1.165) is 0 Å². The maximum Gasteiger partial charge on any atom is 0.408 e. The van der Waals surface area contributed by atoms with Gasteiger partial charge in [0.25, 0.3) is 0 Å². The van der Waals surface area contributed by atoms with Crippen LogP contribution in [0.4, 0.5) is 4.79 Å². The molecule has 0 saturated carbocycles. The molecule has 0 aromatic rings. The number of hydrogen-bond acceptors (Lipinski definition) is 4. The van der Waals surface area contributed by atoms with Gasteiger partial charge in [-0.05, 0) is 40.0 Å². The molecule has 0 radical (unpaired) electrons. The van der Waals surface area contributed by atoms with Crippen LogP contribution in [0.5, 0.6) is 0 Å². The molecular weight excluding hydrogens is 262 g/mol. The van der Waals surface area contributed by atoms with E-state index in [1.165, 1.54) is 0 Å². The average molecular weight is 287 g/mol. The van der Waals surface area contributed by atoms with E-state index in [-0.39, 0.29) is 0 Å². The molecule has 0 aromatic carbocycles. The molecular formula is C14H25NO5. The number of carbonyl (C=O) groups is 2. The zero-order valence-electron chi connectivity index (χ0n) is 12.7. The summed E-state index contributed by atoms with van der Waals surface area (Å²) in [5, 5.41) is 12.0. The molecule has 20 heavy (non-hydrogen) atoms. The third-order valence-corrected chi connectivity index (χ3v) is 3.71. The Bertz CT molecular complexity index is 355. The summed E-state index contributed by atoms with van der Waals surface area (Å²) >= 11 is 0. The highest BCUT2D eigenvalue weighted by molar-refractivity contribution is 5.81. The highest BCUT2D eigenvalue weighted by Crippen LogP contribution is 2.37. The van der Waals surface area contributed by atoms with Crippen molar-refractivity contribution in [3.63, 3.8) is 0 Å². The van der Waals surface area contributed by atoms with Crippen LogP contribution >= 0.6 is 0 Å². The predicted octanol–water partition coefficient (Wildman–Crippen LogP) is 2.17. The molecule has 116 valence electrons. The van der Waals surface area contributed by atoms with Crippen molar-refractivity contribution in [2.24, 2.45) is 5.41 Å². The zero-order valence-corrected chi connectivity index (χ0v) is 12.7. The van der Waals surface area contributed by atoms with Crippen molar-refractivity contribution in [3.8, 4) is 0 Å². The van der Waals surface area contributed by atoms with E-state index >= 15 is 0 Å². The van der Waals surface area contributed by atoms with Crippen molar-refractivity contribution >= 4 is 12.1 Å². The number of nitrogens with one attached hydrogen (secondary N) is 1. The first-order chi connectivity index (χ1) is 9.20. The topological polar surface area (TPSA) is 84.9 Å². The van der Waals surface area contributed by atoms with Gasteiger partial charge in [0.15, 0.2) is 0 Å². The number of hydrogen-bond donors (Lipinski definition) is 2. The molecule has 1 fully saturated rings. The van der Waals surface area contributed by atoms with Crippen LogP contribution in [0.1, 0.15) is 47.0 Å². The van der Waals surface area contributed by atoms with Crippen molar-refractivity contribution < 1.29 is 24.2 Å². The number of carboxylic acid groups (broad SMARTS) is 1. The lowest BCUT2D eigenvalue weighted by molar-refractivity contribution is -0.146. The van der Waals surface area contributed by atoms with Crippen molar-refractivity contribution in [1.82, 2.24) is 5.32 Å². The smallest absolute Gasteiger partial charge is 0.408 e. The van der Waals surface area contributed by atoms with Crippen LogP contribution in [0.2, 0.25) is 0 Å². The molecule has 1 amide bonds. The average Bonchev–Trinajstić information content (AvgIpc) is 2.34. The fourth-order valence-corrected chi connectivity index (χ4v) is 2.53. The minimum absolute atomic E-state index is 0.471. The lowest BCUT2D eigenvalue weighted by Gasteiger charge is -2.41. The Morgan fingerprint density at radius 2 is 1.90 bits per heavy atom. The number of carbonyl (C=O) groups excluding carboxylic acids is 1. The van der Waals surface area contributed by atoms with Gasteiger partial charge in [0, 0.05) is 18.6 Å². The molecule has 1 atom stereocenters. The van der Waals surface area contributed by atoms with Crippen molar-refractivity contribution in [2.75, 3.05) is 13.2 Å². The Hall–Kier alpha value is -1.30. The Morgan fingerprint density at radius 3 is 2.30 bits per heavy atom. The van der Waals surface area contributed by atoms with E-state index in [9.17, 15) is 14.7 Å². The number of aliphatic carboxylic acids is 1. The maximum atomic E-state index is 11.8. The van der Waals surface area contributed by atoms with E-state index in [2.05, 4.69) is 5.32 Å². The van der Waals surface area contributed by atoms with Crippen LogP contribution in [-0.4, -0.2) is 42.0 Å². The van der Waals surface area contributed by atoms with E-state index in [1.807, 2.05) is 6.92 Å². The molecule has 2 N–H and O–H groups in total. The van der Waals surface area contributed by atoms with Gasteiger partial charge in [0.1, 0.15) is 11.6 Å². The minimum Gasteiger partial charge on any atom is -0.480 e. The van der Waals surface area contributed by atoms with Gasteiger partial charge in [-0.2, -0.15) is 0 Å². The van der Waals surface area contributed by atoms with Gasteiger partial charge in [-0.15, -0.1) is 0 Å². The predicted molar refractivity (Wildman–Crippen MR) is 73.6 cm³/mol. The lowest BCUT2D eigenvalue weighted by atomic mass is 9.71. The molecule has 0 spiro atoms. The number of carboxylic acids is 1. The van der Waals surface area contributed by atoms with Gasteiger partial charge in [-0.1, -0.05) is 6.92 Å². The normalized spacial score (nSPS) is 20.0. The summed E-state index contributed by atoms with van der Waals surface area (Å²) in [5.74, 6) is -1.03. The van der Waals surface area contributed by atoms with Crippen LogP contribution in [-0.2, 0) is 14.3 Å². The number of ether oxygens (including phenoxy) is 2. The second kappa shape index (κ2) is 6.43. The van der Waals surface area contributed by atoms with E-state index in [4.69, 9.17) is 9.47 Å². The summed E-state index contributed by atoms with van der Waals surface area (Å²) in [6.45, 7) is 8.21. The molecule has 1 saturated heterocycles. The molecule has 0 bridgehead atoms. The van der Waals surface area contributed by atoms with E-state index in [1.54, 1.807) is 20.8 Å². The number of alkyl carbamates (subject to hydrolysis) is 1. The first-order valence-corrected chi connectivity index (χ1v) is 7.00. The van der Waals surface area contributed by atoms with Crippen LogP contribution in [0.15, 0.2) is 0 Å². The SMILES string of the molecule is CCC1(C(NC(=O)OC(C)(C)C)C(=O)O)CCOCC1. The van der Waals surface area contributed by atoms with Gasteiger partial charge in [-0.3, -0.25) is 0 Å². The number of rotatable bonds is 4. The highest BCUT2D eigenvalue weighted by atomic mass is 16.6. The molecule has 1 aliphatic heterocycles. The van der Waals surface area contributed by atoms with Gasteiger partial charge < -0.3 is 19.9 Å². The lowest BCUT2D eigenvalue weighted by Crippen LogP contribution is -2.55. The van der Waals surface area contributed by atoms with Gasteiger partial charge in [-0.25, -0.2) is 9.59 Å². The van der Waals surface area contributed by atoms with Gasteiger partial charge in [0.05, 0.1) is 0 Å². The fourth-order valence-electron chi connectivity index (χ4n) is 2.53. The summed E-state index contributed by atoms with van der Waals surface area (Å²) < 4.78 is 10.5. The van der Waals surface area contributed by atoms with Crippen LogP contribution in [0.3, 0.4) is 0 Å². The molecule has 0 aliphatic carbocycles. The quantitative estimate of drug-likeness (QED) is 0.827. The third kappa shape index (κ3) is 4.37. The summed E-state index contributed by atoms with van der Waals surface area (Å²) in [4.78, 5) is 23.4. The second-order valence-electron chi connectivity index (χ2n) is 6.25. The van der Waals surface area contributed by atoms with Crippen molar-refractivity contribution in [2.45, 2.75) is 58.6 Å². The van der Waals surface area contributed by atoms with Crippen LogP contribution < -0.4 is 5.32 Å². The molecule has 1 aliphatic rings. The summed E-state index contributed by atoms with van der Waals surface area (Å²) in [6, 6.07) is -0.953. The first-order valence-electron chi connectivity index (χ1n) is 7.00. The minimum atomic E-state index is -1.03.